The van der Waals surface area contributed by atoms with Crippen LogP contribution in [0.2, 0.25) is 0 Å². The van der Waals surface area contributed by atoms with Crippen LogP contribution in [-0.2, 0) is 4.79 Å². The summed E-state index contributed by atoms with van der Waals surface area (Å²) in [5.41, 5.74) is 1.58. The van der Waals surface area contributed by atoms with Crippen LogP contribution in [0.4, 0.5) is 0 Å². The van der Waals surface area contributed by atoms with Gasteiger partial charge >= 0.3 is 5.97 Å². The van der Waals surface area contributed by atoms with E-state index in [-0.39, 0.29) is 6.42 Å². The Labute approximate surface area is 106 Å². The third kappa shape index (κ3) is 3.45. The normalized spacial score (nSPS) is 14.0. The number of carboxylic acids is 1. The Kier molecular flexibility index (Phi) is 5.12. The minimum atomic E-state index is -0.946. The van der Waals surface area contributed by atoms with Gasteiger partial charge in [-0.2, -0.15) is 0 Å². The summed E-state index contributed by atoms with van der Waals surface area (Å²) in [4.78, 5) is 10.7. The number of hydrogen-bond donors (Lipinski definition) is 3. The van der Waals surface area contributed by atoms with Crippen molar-refractivity contribution in [2.24, 2.45) is 0 Å². The maximum atomic E-state index is 10.7. The second-order valence-electron chi connectivity index (χ2n) is 4.17. The van der Waals surface area contributed by atoms with Crippen molar-refractivity contribution in [1.82, 2.24) is 5.32 Å². The van der Waals surface area contributed by atoms with Crippen LogP contribution < -0.4 is 10.1 Å². The lowest BCUT2D eigenvalue weighted by atomic mass is 9.98. The number of nitrogens with one attached hydrogen (secondary N) is 1. The minimum Gasteiger partial charge on any atom is -0.496 e. The van der Waals surface area contributed by atoms with Gasteiger partial charge < -0.3 is 20.3 Å². The molecule has 0 fully saturated rings. The molecule has 0 amide bonds. The van der Waals surface area contributed by atoms with E-state index in [1.165, 1.54) is 0 Å². The fraction of sp³-hybridized carbons (Fsp3) is 0.462. The molecule has 0 saturated carbocycles. The zero-order valence-electron chi connectivity index (χ0n) is 10.8. The number of aliphatic hydroxyl groups excluding tert-OH is 1. The molecule has 0 bridgehead atoms. The third-order valence-electron chi connectivity index (χ3n) is 2.91. The summed E-state index contributed by atoms with van der Waals surface area (Å²) in [7, 11) is 3.21. The summed E-state index contributed by atoms with van der Waals surface area (Å²) >= 11 is 0. The van der Waals surface area contributed by atoms with Gasteiger partial charge in [0.05, 0.1) is 19.6 Å². The van der Waals surface area contributed by atoms with Gasteiger partial charge in [-0.25, -0.2) is 0 Å². The van der Waals surface area contributed by atoms with E-state index in [0.717, 1.165) is 11.3 Å². The van der Waals surface area contributed by atoms with Gasteiger partial charge in [0.1, 0.15) is 5.75 Å². The van der Waals surface area contributed by atoms with E-state index in [2.05, 4.69) is 5.32 Å². The molecule has 0 aliphatic rings. The molecule has 5 nitrogen and oxygen atoms in total. The number of methoxy groups -OCH3 is 1. The van der Waals surface area contributed by atoms with Gasteiger partial charge in [0.15, 0.2) is 0 Å². The van der Waals surface area contributed by atoms with Crippen molar-refractivity contribution in [3.8, 4) is 5.75 Å². The first-order chi connectivity index (χ1) is 8.49. The molecule has 0 saturated heterocycles. The number of likely N-dealkylation sites (N-methyl/N-ethyl adjacent to an activating group) is 1. The average molecular weight is 253 g/mol. The van der Waals surface area contributed by atoms with Crippen LogP contribution in [0, 0.1) is 6.92 Å². The minimum absolute atomic E-state index is 0.136. The molecular formula is C13H19NO4. The zero-order valence-corrected chi connectivity index (χ0v) is 10.8. The Balaban J connectivity index is 2.91. The predicted molar refractivity (Wildman–Crippen MR) is 67.8 cm³/mol. The second kappa shape index (κ2) is 6.37. The smallest absolute Gasteiger partial charge is 0.305 e. The Morgan fingerprint density at radius 2 is 2.17 bits per heavy atom. The first-order valence-electron chi connectivity index (χ1n) is 5.71. The lowest BCUT2D eigenvalue weighted by Gasteiger charge is -2.22. The lowest BCUT2D eigenvalue weighted by Crippen LogP contribution is -2.34. The predicted octanol–water partition coefficient (Wildman–Crippen LogP) is 1.10. The van der Waals surface area contributed by atoms with Gasteiger partial charge in [0, 0.05) is 6.04 Å². The van der Waals surface area contributed by atoms with Gasteiger partial charge in [-0.05, 0) is 37.2 Å². The summed E-state index contributed by atoms with van der Waals surface area (Å²) in [5.74, 6) is -0.205. The van der Waals surface area contributed by atoms with E-state index in [9.17, 15) is 9.90 Å². The molecule has 18 heavy (non-hydrogen) atoms. The molecule has 1 aromatic carbocycles. The maximum Gasteiger partial charge on any atom is 0.305 e. The average Bonchev–Trinajstić information content (AvgIpc) is 2.34. The van der Waals surface area contributed by atoms with E-state index >= 15 is 0 Å². The monoisotopic (exact) mass is 253 g/mol. The van der Waals surface area contributed by atoms with Crippen molar-refractivity contribution < 1.29 is 19.7 Å². The molecule has 0 aliphatic carbocycles. The van der Waals surface area contributed by atoms with E-state index in [0.29, 0.717) is 5.56 Å². The summed E-state index contributed by atoms with van der Waals surface area (Å²) < 4.78 is 5.14. The fourth-order valence-electron chi connectivity index (χ4n) is 1.88. The van der Waals surface area contributed by atoms with Crippen LogP contribution in [0.3, 0.4) is 0 Å². The maximum absolute atomic E-state index is 10.7. The van der Waals surface area contributed by atoms with Gasteiger partial charge in [-0.3, -0.25) is 4.79 Å². The molecule has 2 unspecified atom stereocenters. The highest BCUT2D eigenvalue weighted by molar-refractivity contribution is 5.67. The number of aliphatic carboxylic acids is 1. The number of hydrogen-bond acceptors (Lipinski definition) is 4. The molecule has 0 radical (unpaired) electrons. The second-order valence-corrected chi connectivity index (χ2v) is 4.17. The third-order valence-corrected chi connectivity index (χ3v) is 2.91. The van der Waals surface area contributed by atoms with Gasteiger partial charge in [-0.15, -0.1) is 0 Å². The highest BCUT2D eigenvalue weighted by atomic mass is 16.5. The van der Waals surface area contributed by atoms with Crippen molar-refractivity contribution in [2.45, 2.75) is 25.5 Å². The van der Waals surface area contributed by atoms with Crippen molar-refractivity contribution in [1.29, 1.82) is 0 Å². The van der Waals surface area contributed by atoms with Gasteiger partial charge in [-0.1, -0.05) is 6.07 Å². The number of ether oxygens (including phenoxy) is 1. The van der Waals surface area contributed by atoms with Crippen LogP contribution in [0.15, 0.2) is 18.2 Å². The molecule has 2 atom stereocenters. The van der Waals surface area contributed by atoms with Crippen molar-refractivity contribution in [2.75, 3.05) is 14.2 Å². The quantitative estimate of drug-likeness (QED) is 0.707. The highest BCUT2D eigenvalue weighted by Crippen LogP contribution is 2.25. The van der Waals surface area contributed by atoms with E-state index in [4.69, 9.17) is 9.84 Å². The van der Waals surface area contributed by atoms with Crippen LogP contribution in [0.25, 0.3) is 0 Å². The first-order valence-corrected chi connectivity index (χ1v) is 5.71. The lowest BCUT2D eigenvalue weighted by molar-refractivity contribution is -0.138. The summed E-state index contributed by atoms with van der Waals surface area (Å²) in [6.07, 6.45) is -1.00. The number of carboxylic acid groups (broad SMARTS) is 1. The molecule has 100 valence electrons. The molecule has 5 heteroatoms. The van der Waals surface area contributed by atoms with E-state index in [1.807, 2.05) is 6.92 Å². The summed E-state index contributed by atoms with van der Waals surface area (Å²) in [6.45, 7) is 1.88. The first kappa shape index (κ1) is 14.5. The van der Waals surface area contributed by atoms with Crippen LogP contribution >= 0.6 is 0 Å². The molecule has 0 aliphatic heterocycles. The summed E-state index contributed by atoms with van der Waals surface area (Å²) in [5, 5.41) is 21.7. The zero-order chi connectivity index (χ0) is 13.7. The molecule has 1 rings (SSSR count). The Morgan fingerprint density at radius 3 is 2.61 bits per heavy atom. The molecule has 0 aromatic heterocycles. The number of aliphatic hydroxyl groups is 1. The standard InChI is InChI=1S/C13H19NO4/c1-8-6-9(4-5-11(8)18-3)13(17)10(14-2)7-12(15)16/h4-6,10,13-14,17H,7H2,1-3H3,(H,15,16). The topological polar surface area (TPSA) is 78.8 Å². The number of rotatable bonds is 6. The molecular weight excluding hydrogens is 234 g/mol. The van der Waals surface area contributed by atoms with Crippen LogP contribution in [-0.4, -0.2) is 36.4 Å². The van der Waals surface area contributed by atoms with Crippen molar-refractivity contribution in [3.05, 3.63) is 29.3 Å². The molecule has 0 spiro atoms. The SMILES string of the molecule is CNC(CC(=O)O)C(O)c1ccc(OC)c(C)c1. The van der Waals surface area contributed by atoms with Gasteiger partial charge in [0.2, 0.25) is 0 Å². The van der Waals surface area contributed by atoms with E-state index < -0.39 is 18.1 Å². The van der Waals surface area contributed by atoms with Crippen LogP contribution in [0.5, 0.6) is 5.75 Å². The number of aryl methyl sites for hydroxylation is 1. The number of carbonyl (C=O) groups is 1. The fourth-order valence-corrected chi connectivity index (χ4v) is 1.88. The molecule has 1 aromatic rings. The molecule has 3 N–H and O–H groups in total. The van der Waals surface area contributed by atoms with Crippen LogP contribution in [0.1, 0.15) is 23.7 Å². The van der Waals surface area contributed by atoms with Crippen molar-refractivity contribution >= 4 is 5.97 Å². The van der Waals surface area contributed by atoms with Gasteiger partial charge in [0.25, 0.3) is 0 Å². The van der Waals surface area contributed by atoms with E-state index in [1.54, 1.807) is 32.4 Å². The highest BCUT2D eigenvalue weighted by Gasteiger charge is 2.22. The largest absolute Gasteiger partial charge is 0.496 e. The Hall–Kier alpha value is -1.59. The summed E-state index contributed by atoms with van der Waals surface area (Å²) in [6, 6.07) is 4.79. The number of benzene rings is 1. The molecule has 0 heterocycles. The van der Waals surface area contributed by atoms with Crippen molar-refractivity contribution in [3.63, 3.8) is 0 Å². The Morgan fingerprint density at radius 1 is 1.50 bits per heavy atom. The Bertz CT molecular complexity index is 419.